The summed E-state index contributed by atoms with van der Waals surface area (Å²) >= 11 is 0. The van der Waals surface area contributed by atoms with Gasteiger partial charge in [0, 0.05) is 31.9 Å². The standard InChI is InChI=1S/C13H19N3O2/c17-13(18)4-8-14-11-5-9-16(10-6-11)12-3-1-2-7-15-12/h1-3,7,11,14H,4-6,8-10H2,(H,17,18). The summed E-state index contributed by atoms with van der Waals surface area (Å²) in [6.07, 6.45) is 4.08. The normalized spacial score (nSPS) is 16.8. The molecule has 2 N–H and O–H groups in total. The Kier molecular flexibility index (Phi) is 4.52. The molecule has 0 unspecified atom stereocenters. The number of hydrogen-bond acceptors (Lipinski definition) is 4. The number of nitrogens with one attached hydrogen (secondary N) is 1. The molecule has 1 fully saturated rings. The van der Waals surface area contributed by atoms with E-state index in [2.05, 4.69) is 15.2 Å². The van der Waals surface area contributed by atoms with Crippen molar-refractivity contribution in [2.75, 3.05) is 24.5 Å². The first kappa shape index (κ1) is 12.8. The fraction of sp³-hybridized carbons (Fsp3) is 0.538. The number of carbonyl (C=O) groups is 1. The Morgan fingerprint density at radius 1 is 1.44 bits per heavy atom. The lowest BCUT2D eigenvalue weighted by Gasteiger charge is -2.33. The summed E-state index contributed by atoms with van der Waals surface area (Å²) < 4.78 is 0. The predicted molar refractivity (Wildman–Crippen MR) is 69.7 cm³/mol. The van der Waals surface area contributed by atoms with Gasteiger partial charge in [0.25, 0.3) is 0 Å². The molecular weight excluding hydrogens is 230 g/mol. The van der Waals surface area contributed by atoms with E-state index in [9.17, 15) is 4.79 Å². The van der Waals surface area contributed by atoms with Crippen LogP contribution in [0.15, 0.2) is 24.4 Å². The maximum atomic E-state index is 10.4. The maximum Gasteiger partial charge on any atom is 0.304 e. The summed E-state index contributed by atoms with van der Waals surface area (Å²) in [5, 5.41) is 11.9. The first-order chi connectivity index (χ1) is 8.75. The van der Waals surface area contributed by atoms with Crippen LogP contribution in [-0.4, -0.2) is 41.7 Å². The molecule has 0 aliphatic carbocycles. The van der Waals surface area contributed by atoms with Crippen molar-refractivity contribution in [1.82, 2.24) is 10.3 Å². The molecule has 1 saturated heterocycles. The Morgan fingerprint density at radius 2 is 2.22 bits per heavy atom. The quantitative estimate of drug-likeness (QED) is 0.818. The molecule has 5 nitrogen and oxygen atoms in total. The van der Waals surface area contributed by atoms with E-state index in [0.29, 0.717) is 12.6 Å². The number of nitrogens with zero attached hydrogens (tertiary/aromatic N) is 2. The molecule has 1 aromatic heterocycles. The number of aromatic nitrogens is 1. The first-order valence-corrected chi connectivity index (χ1v) is 6.37. The van der Waals surface area contributed by atoms with E-state index >= 15 is 0 Å². The van der Waals surface area contributed by atoms with Crippen LogP contribution in [0.5, 0.6) is 0 Å². The number of carboxylic acids is 1. The van der Waals surface area contributed by atoms with Gasteiger partial charge in [-0.3, -0.25) is 4.79 Å². The molecule has 2 heterocycles. The van der Waals surface area contributed by atoms with Crippen molar-refractivity contribution in [3.63, 3.8) is 0 Å². The molecule has 1 aromatic rings. The average molecular weight is 249 g/mol. The first-order valence-electron chi connectivity index (χ1n) is 6.37. The second-order valence-electron chi connectivity index (χ2n) is 4.55. The van der Waals surface area contributed by atoms with Crippen LogP contribution < -0.4 is 10.2 Å². The Labute approximate surface area is 107 Å². The molecule has 1 aliphatic heterocycles. The van der Waals surface area contributed by atoms with Gasteiger partial charge in [0.15, 0.2) is 0 Å². The largest absolute Gasteiger partial charge is 0.481 e. The van der Waals surface area contributed by atoms with Gasteiger partial charge in [-0.15, -0.1) is 0 Å². The molecule has 5 heteroatoms. The van der Waals surface area contributed by atoms with Crippen molar-refractivity contribution in [2.45, 2.75) is 25.3 Å². The number of aliphatic carboxylic acids is 1. The van der Waals surface area contributed by atoms with Gasteiger partial charge in [0.2, 0.25) is 0 Å². The number of pyridine rings is 1. The highest BCUT2D eigenvalue weighted by Crippen LogP contribution is 2.16. The van der Waals surface area contributed by atoms with Gasteiger partial charge in [-0.25, -0.2) is 4.98 Å². The SMILES string of the molecule is O=C(O)CCNC1CCN(c2ccccn2)CC1. The Morgan fingerprint density at radius 3 is 2.83 bits per heavy atom. The summed E-state index contributed by atoms with van der Waals surface area (Å²) in [5.41, 5.74) is 0. The lowest BCUT2D eigenvalue weighted by atomic mass is 10.0. The van der Waals surface area contributed by atoms with Gasteiger partial charge in [-0.2, -0.15) is 0 Å². The van der Waals surface area contributed by atoms with Crippen molar-refractivity contribution in [1.29, 1.82) is 0 Å². The Balaban J connectivity index is 1.73. The molecule has 18 heavy (non-hydrogen) atoms. The summed E-state index contributed by atoms with van der Waals surface area (Å²) in [6.45, 7) is 2.51. The topological polar surface area (TPSA) is 65.5 Å². The number of carboxylic acid groups (broad SMARTS) is 1. The third kappa shape index (κ3) is 3.70. The van der Waals surface area contributed by atoms with Crippen molar-refractivity contribution in [3.8, 4) is 0 Å². The van der Waals surface area contributed by atoms with Gasteiger partial charge in [0.1, 0.15) is 5.82 Å². The van der Waals surface area contributed by atoms with Gasteiger partial charge < -0.3 is 15.3 Å². The second kappa shape index (κ2) is 6.35. The highest BCUT2D eigenvalue weighted by molar-refractivity contribution is 5.66. The summed E-state index contributed by atoms with van der Waals surface area (Å²) in [5.74, 6) is 0.287. The molecule has 0 bridgehead atoms. The minimum absolute atomic E-state index is 0.195. The number of piperidine rings is 1. The van der Waals surface area contributed by atoms with E-state index in [1.54, 1.807) is 0 Å². The van der Waals surface area contributed by atoms with E-state index in [4.69, 9.17) is 5.11 Å². The molecule has 98 valence electrons. The van der Waals surface area contributed by atoms with E-state index in [0.717, 1.165) is 31.7 Å². The van der Waals surface area contributed by atoms with Gasteiger partial charge in [-0.1, -0.05) is 6.07 Å². The second-order valence-corrected chi connectivity index (χ2v) is 4.55. The van der Waals surface area contributed by atoms with Crippen LogP contribution in [0.2, 0.25) is 0 Å². The fourth-order valence-electron chi connectivity index (χ4n) is 2.24. The van der Waals surface area contributed by atoms with E-state index in [1.165, 1.54) is 0 Å². The van der Waals surface area contributed by atoms with Crippen LogP contribution >= 0.6 is 0 Å². The predicted octanol–water partition coefficient (Wildman–Crippen LogP) is 1.11. The van der Waals surface area contributed by atoms with E-state index in [-0.39, 0.29) is 6.42 Å². The maximum absolute atomic E-state index is 10.4. The summed E-state index contributed by atoms with van der Waals surface area (Å²) in [4.78, 5) is 17.0. The smallest absolute Gasteiger partial charge is 0.304 e. The fourth-order valence-corrected chi connectivity index (χ4v) is 2.24. The minimum Gasteiger partial charge on any atom is -0.481 e. The highest BCUT2D eigenvalue weighted by atomic mass is 16.4. The van der Waals surface area contributed by atoms with Gasteiger partial charge in [0.05, 0.1) is 6.42 Å². The number of rotatable bonds is 5. The summed E-state index contributed by atoms with van der Waals surface area (Å²) in [7, 11) is 0. The van der Waals surface area contributed by atoms with E-state index < -0.39 is 5.97 Å². The third-order valence-corrected chi connectivity index (χ3v) is 3.24. The van der Waals surface area contributed by atoms with Crippen molar-refractivity contribution in [3.05, 3.63) is 24.4 Å². The molecule has 0 atom stereocenters. The monoisotopic (exact) mass is 249 g/mol. The van der Waals surface area contributed by atoms with Crippen LogP contribution in [0.25, 0.3) is 0 Å². The zero-order chi connectivity index (χ0) is 12.8. The zero-order valence-corrected chi connectivity index (χ0v) is 10.4. The van der Waals surface area contributed by atoms with E-state index in [1.807, 2.05) is 24.4 Å². The summed E-state index contributed by atoms with van der Waals surface area (Å²) in [6, 6.07) is 6.38. The van der Waals surface area contributed by atoms with Gasteiger partial charge >= 0.3 is 5.97 Å². The van der Waals surface area contributed by atoms with Crippen LogP contribution in [0, 0.1) is 0 Å². The molecule has 0 spiro atoms. The Hall–Kier alpha value is -1.62. The molecule has 1 aliphatic rings. The van der Waals surface area contributed by atoms with Crippen LogP contribution in [0.3, 0.4) is 0 Å². The van der Waals surface area contributed by atoms with Crippen molar-refractivity contribution >= 4 is 11.8 Å². The molecule has 2 rings (SSSR count). The zero-order valence-electron chi connectivity index (χ0n) is 10.4. The van der Waals surface area contributed by atoms with Crippen LogP contribution in [0.1, 0.15) is 19.3 Å². The number of hydrogen-bond donors (Lipinski definition) is 2. The molecule has 0 radical (unpaired) electrons. The molecule has 0 saturated carbocycles. The van der Waals surface area contributed by atoms with Crippen molar-refractivity contribution < 1.29 is 9.90 Å². The van der Waals surface area contributed by atoms with Crippen molar-refractivity contribution in [2.24, 2.45) is 0 Å². The van der Waals surface area contributed by atoms with Crippen LogP contribution in [0.4, 0.5) is 5.82 Å². The lowest BCUT2D eigenvalue weighted by Crippen LogP contribution is -2.43. The molecular formula is C13H19N3O2. The number of anilines is 1. The van der Waals surface area contributed by atoms with Gasteiger partial charge in [-0.05, 0) is 25.0 Å². The molecule has 0 aromatic carbocycles. The average Bonchev–Trinajstić information content (AvgIpc) is 2.40. The van der Waals surface area contributed by atoms with Crippen LogP contribution in [-0.2, 0) is 4.79 Å². The minimum atomic E-state index is -0.742. The molecule has 0 amide bonds. The Bertz CT molecular complexity index is 375. The highest BCUT2D eigenvalue weighted by Gasteiger charge is 2.19. The lowest BCUT2D eigenvalue weighted by molar-refractivity contribution is -0.136. The third-order valence-electron chi connectivity index (χ3n) is 3.24.